The average Bonchev–Trinajstić information content (AvgIpc) is 3.37. The summed E-state index contributed by atoms with van der Waals surface area (Å²) in [7, 11) is 0. The van der Waals surface area contributed by atoms with E-state index in [0.717, 1.165) is 19.4 Å². The molecule has 0 amide bonds. The summed E-state index contributed by atoms with van der Waals surface area (Å²) in [6, 6.07) is 6.08. The van der Waals surface area contributed by atoms with Crippen molar-refractivity contribution in [3.05, 3.63) is 52.5 Å². The van der Waals surface area contributed by atoms with Crippen LogP contribution >= 0.6 is 11.8 Å². The molecule has 0 spiro atoms. The lowest BCUT2D eigenvalue weighted by atomic mass is 10.2. The van der Waals surface area contributed by atoms with Gasteiger partial charge in [0.1, 0.15) is 12.1 Å². The highest BCUT2D eigenvalue weighted by molar-refractivity contribution is 7.98. The van der Waals surface area contributed by atoms with Crippen LogP contribution in [0.3, 0.4) is 0 Å². The van der Waals surface area contributed by atoms with E-state index in [2.05, 4.69) is 15.2 Å². The van der Waals surface area contributed by atoms with Gasteiger partial charge in [-0.3, -0.25) is 4.57 Å². The number of ether oxygens (including phenoxy) is 1. The number of aromatic amines is 1. The molecule has 0 radical (unpaired) electrons. The van der Waals surface area contributed by atoms with E-state index >= 15 is 0 Å². The first kappa shape index (κ1) is 17.0. The maximum absolute atomic E-state index is 13.3. The van der Waals surface area contributed by atoms with E-state index in [-0.39, 0.29) is 17.6 Å². The monoisotopic (exact) mass is 376 g/mol. The number of hydrogen-bond acceptors (Lipinski definition) is 6. The van der Waals surface area contributed by atoms with Crippen LogP contribution in [-0.4, -0.2) is 32.5 Å². The highest BCUT2D eigenvalue weighted by atomic mass is 32.2. The molecule has 9 heteroatoms. The number of halogens is 1. The molecule has 26 heavy (non-hydrogen) atoms. The topological polar surface area (TPSA) is 85.9 Å². The number of aromatic nitrogens is 4. The van der Waals surface area contributed by atoms with Crippen LogP contribution in [0.5, 0.6) is 0 Å². The van der Waals surface area contributed by atoms with Crippen molar-refractivity contribution in [2.75, 3.05) is 6.61 Å². The number of oxazole rings is 1. The van der Waals surface area contributed by atoms with Crippen LogP contribution in [-0.2, 0) is 17.0 Å². The van der Waals surface area contributed by atoms with Gasteiger partial charge in [-0.15, -0.1) is 5.10 Å². The maximum atomic E-state index is 13.3. The molecule has 4 rings (SSSR count). The van der Waals surface area contributed by atoms with Crippen LogP contribution in [0.1, 0.15) is 18.5 Å². The second-order valence-corrected chi connectivity index (χ2v) is 6.94. The molecule has 1 N–H and O–H groups in total. The Balaban J connectivity index is 1.44. The lowest BCUT2D eigenvalue weighted by molar-refractivity contribution is 0.0941. The average molecular weight is 376 g/mol. The minimum absolute atomic E-state index is 0.0521. The van der Waals surface area contributed by atoms with E-state index in [4.69, 9.17) is 9.15 Å². The molecule has 1 aromatic carbocycles. The van der Waals surface area contributed by atoms with Crippen molar-refractivity contribution in [3.8, 4) is 11.5 Å². The van der Waals surface area contributed by atoms with E-state index in [1.807, 2.05) is 0 Å². The fourth-order valence-corrected chi connectivity index (χ4v) is 3.67. The zero-order valence-corrected chi connectivity index (χ0v) is 14.7. The van der Waals surface area contributed by atoms with Gasteiger partial charge in [0, 0.05) is 17.9 Å². The largest absolute Gasteiger partial charge is 0.444 e. The van der Waals surface area contributed by atoms with Crippen molar-refractivity contribution >= 4 is 11.8 Å². The van der Waals surface area contributed by atoms with Crippen molar-refractivity contribution in [2.45, 2.75) is 36.4 Å². The first-order valence-electron chi connectivity index (χ1n) is 8.29. The Morgan fingerprint density at radius 1 is 1.42 bits per heavy atom. The fraction of sp³-hybridized carbons (Fsp3) is 0.353. The number of rotatable bonds is 6. The van der Waals surface area contributed by atoms with E-state index in [1.54, 1.807) is 16.7 Å². The maximum Gasteiger partial charge on any atom is 0.344 e. The van der Waals surface area contributed by atoms with Crippen molar-refractivity contribution < 1.29 is 13.5 Å². The van der Waals surface area contributed by atoms with E-state index in [9.17, 15) is 9.18 Å². The summed E-state index contributed by atoms with van der Waals surface area (Å²) in [4.78, 5) is 16.3. The van der Waals surface area contributed by atoms with Crippen molar-refractivity contribution in [1.82, 2.24) is 19.7 Å². The van der Waals surface area contributed by atoms with Gasteiger partial charge in [0.15, 0.2) is 5.16 Å². The smallest absolute Gasteiger partial charge is 0.344 e. The Labute approximate surface area is 152 Å². The SMILES string of the molecule is O=c1[nH]nc(SCc2coc(-c3cccc(F)c3)n2)n1CC1CCCO1. The Morgan fingerprint density at radius 2 is 2.35 bits per heavy atom. The third kappa shape index (κ3) is 3.73. The normalized spacial score (nSPS) is 17.0. The van der Waals surface area contributed by atoms with Gasteiger partial charge >= 0.3 is 5.69 Å². The summed E-state index contributed by atoms with van der Waals surface area (Å²) in [6.45, 7) is 1.23. The molecule has 0 aliphatic carbocycles. The minimum Gasteiger partial charge on any atom is -0.444 e. The Morgan fingerprint density at radius 3 is 3.15 bits per heavy atom. The summed E-state index contributed by atoms with van der Waals surface area (Å²) in [5.74, 6) is 0.499. The first-order valence-corrected chi connectivity index (χ1v) is 9.27. The zero-order chi connectivity index (χ0) is 17.9. The van der Waals surface area contributed by atoms with Gasteiger partial charge in [-0.05, 0) is 31.0 Å². The van der Waals surface area contributed by atoms with Gasteiger partial charge < -0.3 is 9.15 Å². The highest BCUT2D eigenvalue weighted by Crippen LogP contribution is 2.24. The Hall–Kier alpha value is -2.39. The summed E-state index contributed by atoms with van der Waals surface area (Å²) < 4.78 is 25.9. The molecule has 0 bridgehead atoms. The molecule has 1 saturated heterocycles. The molecule has 3 aromatic rings. The standard InChI is InChI=1S/C17H17FN4O3S/c18-12-4-1-3-11(7-12)15-19-13(9-25-15)10-26-17-21-20-16(23)22(17)8-14-5-2-6-24-14/h1,3-4,7,9,14H,2,5-6,8,10H2,(H,20,23). The number of nitrogens with one attached hydrogen (secondary N) is 1. The van der Waals surface area contributed by atoms with E-state index in [1.165, 1.54) is 30.2 Å². The predicted octanol–water partition coefficient (Wildman–Crippen LogP) is 2.84. The number of hydrogen-bond donors (Lipinski definition) is 1. The van der Waals surface area contributed by atoms with E-state index < -0.39 is 0 Å². The molecule has 1 aliphatic heterocycles. The predicted molar refractivity (Wildman–Crippen MR) is 93.3 cm³/mol. The summed E-state index contributed by atoms with van der Waals surface area (Å²) in [5.41, 5.74) is 1.02. The zero-order valence-electron chi connectivity index (χ0n) is 13.9. The van der Waals surface area contributed by atoms with Crippen molar-refractivity contribution in [3.63, 3.8) is 0 Å². The third-order valence-electron chi connectivity index (χ3n) is 4.11. The third-order valence-corrected chi connectivity index (χ3v) is 5.12. The van der Waals surface area contributed by atoms with Gasteiger partial charge in [-0.1, -0.05) is 17.8 Å². The molecular formula is C17H17FN4O3S. The van der Waals surface area contributed by atoms with Crippen molar-refractivity contribution in [1.29, 1.82) is 0 Å². The van der Waals surface area contributed by atoms with Crippen LogP contribution in [0.4, 0.5) is 4.39 Å². The molecular weight excluding hydrogens is 359 g/mol. The van der Waals surface area contributed by atoms with Crippen LogP contribution in [0, 0.1) is 5.82 Å². The van der Waals surface area contributed by atoms with Gasteiger partial charge in [0.05, 0.1) is 18.3 Å². The molecule has 2 aromatic heterocycles. The summed E-state index contributed by atoms with van der Waals surface area (Å²) in [5, 5.41) is 7.14. The van der Waals surface area contributed by atoms with Gasteiger partial charge in [0.25, 0.3) is 0 Å². The lowest BCUT2D eigenvalue weighted by Gasteiger charge is -2.10. The lowest BCUT2D eigenvalue weighted by Crippen LogP contribution is -2.24. The van der Waals surface area contributed by atoms with Crippen LogP contribution in [0.2, 0.25) is 0 Å². The quantitative estimate of drug-likeness (QED) is 0.666. The second kappa shape index (κ2) is 7.46. The minimum atomic E-state index is -0.341. The van der Waals surface area contributed by atoms with Crippen LogP contribution < -0.4 is 5.69 Å². The van der Waals surface area contributed by atoms with Crippen LogP contribution in [0.15, 0.2) is 44.9 Å². The summed E-state index contributed by atoms with van der Waals surface area (Å²) in [6.07, 6.45) is 3.54. The number of H-pyrrole nitrogens is 1. The molecule has 1 aliphatic rings. The molecule has 0 saturated carbocycles. The molecule has 3 heterocycles. The van der Waals surface area contributed by atoms with Gasteiger partial charge in [-0.2, -0.15) is 0 Å². The fourth-order valence-electron chi connectivity index (χ4n) is 2.83. The van der Waals surface area contributed by atoms with E-state index in [0.29, 0.717) is 34.6 Å². The molecule has 1 atom stereocenters. The number of nitrogens with zero attached hydrogens (tertiary/aromatic N) is 3. The first-order chi connectivity index (χ1) is 12.7. The molecule has 136 valence electrons. The Kier molecular flexibility index (Phi) is 4.89. The van der Waals surface area contributed by atoms with Crippen molar-refractivity contribution in [2.24, 2.45) is 0 Å². The van der Waals surface area contributed by atoms with Gasteiger partial charge in [-0.25, -0.2) is 19.3 Å². The van der Waals surface area contributed by atoms with Gasteiger partial charge in [0.2, 0.25) is 5.89 Å². The molecule has 7 nitrogen and oxygen atoms in total. The second-order valence-electron chi connectivity index (χ2n) is 6.00. The summed E-state index contributed by atoms with van der Waals surface area (Å²) >= 11 is 1.38. The molecule has 1 fully saturated rings. The number of benzene rings is 1. The Bertz CT molecular complexity index is 945. The van der Waals surface area contributed by atoms with Crippen LogP contribution in [0.25, 0.3) is 11.5 Å². The molecule has 1 unspecified atom stereocenters. The number of thioether (sulfide) groups is 1. The highest BCUT2D eigenvalue weighted by Gasteiger charge is 2.20.